The lowest BCUT2D eigenvalue weighted by Crippen LogP contribution is -2.44. The second-order valence-electron chi connectivity index (χ2n) is 7.55. The molecule has 0 spiro atoms. The van der Waals surface area contributed by atoms with Gasteiger partial charge in [0.2, 0.25) is 0 Å². The van der Waals surface area contributed by atoms with Gasteiger partial charge in [0.25, 0.3) is 0 Å². The van der Waals surface area contributed by atoms with Gasteiger partial charge in [0.15, 0.2) is 0 Å². The largest absolute Gasteiger partial charge is 0.444 e. The number of amides is 2. The predicted molar refractivity (Wildman–Crippen MR) is 80.4 cm³/mol. The van der Waals surface area contributed by atoms with Gasteiger partial charge >= 0.3 is 12.2 Å². The first-order chi connectivity index (χ1) is 9.91. The number of alkyl carbamates (subject to hydrolysis) is 1. The number of nitrogens with zero attached hydrogens (tertiary/aromatic N) is 1. The minimum Gasteiger partial charge on any atom is -0.444 e. The second-order valence-corrected chi connectivity index (χ2v) is 7.55. The van der Waals surface area contributed by atoms with Crippen LogP contribution in [0.4, 0.5) is 14.0 Å². The van der Waals surface area contributed by atoms with Gasteiger partial charge in [0.1, 0.15) is 11.2 Å². The van der Waals surface area contributed by atoms with Crippen molar-refractivity contribution in [2.45, 2.75) is 58.8 Å². The van der Waals surface area contributed by atoms with E-state index in [9.17, 15) is 14.0 Å². The van der Waals surface area contributed by atoms with Crippen LogP contribution in [0, 0.1) is 5.92 Å². The molecule has 0 radical (unpaired) electrons. The number of nitrogens with one attached hydrogen (secondary N) is 1. The number of alkyl halides is 1. The normalized spacial score (nSPS) is 22.4. The minimum absolute atomic E-state index is 0.211. The van der Waals surface area contributed by atoms with Crippen LogP contribution in [0.3, 0.4) is 0 Å². The monoisotopic (exact) mass is 318 g/mol. The number of carbonyl (C=O) groups excluding carboxylic acids is 2. The van der Waals surface area contributed by atoms with Crippen molar-refractivity contribution in [1.82, 2.24) is 10.2 Å². The van der Waals surface area contributed by atoms with E-state index in [4.69, 9.17) is 9.47 Å². The molecule has 1 aliphatic rings. The van der Waals surface area contributed by atoms with Crippen LogP contribution in [-0.2, 0) is 9.47 Å². The fraction of sp³-hybridized carbons (Fsp3) is 0.867. The Morgan fingerprint density at radius 1 is 1.09 bits per heavy atom. The third-order valence-electron chi connectivity index (χ3n) is 2.99. The average molecular weight is 318 g/mol. The molecular formula is C15H27FN2O4. The van der Waals surface area contributed by atoms with E-state index in [1.165, 1.54) is 4.90 Å². The van der Waals surface area contributed by atoms with Crippen molar-refractivity contribution in [3.63, 3.8) is 0 Å². The zero-order valence-electron chi connectivity index (χ0n) is 14.2. The summed E-state index contributed by atoms with van der Waals surface area (Å²) < 4.78 is 23.6. The van der Waals surface area contributed by atoms with Crippen LogP contribution >= 0.6 is 0 Å². The lowest BCUT2D eigenvalue weighted by Gasteiger charge is -2.25. The topological polar surface area (TPSA) is 67.9 Å². The SMILES string of the molecule is CC(C)(C)OC(=O)N[C@@H]1CN(C(=O)OC(C)(C)C)C[C@@H]1CF. The van der Waals surface area contributed by atoms with Gasteiger partial charge in [-0.15, -0.1) is 0 Å². The molecule has 1 fully saturated rings. The molecule has 1 N–H and O–H groups in total. The first-order valence-electron chi connectivity index (χ1n) is 7.44. The van der Waals surface area contributed by atoms with Crippen molar-refractivity contribution in [3.05, 3.63) is 0 Å². The van der Waals surface area contributed by atoms with Gasteiger partial charge in [-0.25, -0.2) is 9.59 Å². The lowest BCUT2D eigenvalue weighted by atomic mass is 10.1. The second kappa shape index (κ2) is 6.71. The van der Waals surface area contributed by atoms with E-state index < -0.39 is 42.0 Å². The maximum atomic E-state index is 13.1. The Morgan fingerprint density at radius 3 is 2.09 bits per heavy atom. The van der Waals surface area contributed by atoms with E-state index in [1.54, 1.807) is 41.5 Å². The van der Waals surface area contributed by atoms with Gasteiger partial charge in [-0.05, 0) is 41.5 Å². The minimum atomic E-state index is -0.626. The summed E-state index contributed by atoms with van der Waals surface area (Å²) in [6, 6.07) is -0.479. The number of hydrogen-bond acceptors (Lipinski definition) is 4. The highest BCUT2D eigenvalue weighted by atomic mass is 19.1. The Morgan fingerprint density at radius 2 is 1.64 bits per heavy atom. The summed E-state index contributed by atoms with van der Waals surface area (Å²) in [5.74, 6) is -0.458. The van der Waals surface area contributed by atoms with Crippen LogP contribution in [0.1, 0.15) is 41.5 Å². The molecule has 0 aliphatic carbocycles. The first kappa shape index (κ1) is 18.5. The van der Waals surface area contributed by atoms with Crippen LogP contribution in [0.15, 0.2) is 0 Å². The summed E-state index contributed by atoms with van der Waals surface area (Å²) in [6.07, 6.45) is -1.11. The van der Waals surface area contributed by atoms with Gasteiger partial charge < -0.3 is 19.7 Å². The summed E-state index contributed by atoms with van der Waals surface area (Å²) >= 11 is 0. The zero-order valence-corrected chi connectivity index (χ0v) is 14.2. The van der Waals surface area contributed by atoms with Crippen LogP contribution in [0.5, 0.6) is 0 Å². The molecule has 0 aromatic carbocycles. The highest BCUT2D eigenvalue weighted by Gasteiger charge is 2.38. The first-order valence-corrected chi connectivity index (χ1v) is 7.44. The van der Waals surface area contributed by atoms with E-state index in [-0.39, 0.29) is 13.1 Å². The van der Waals surface area contributed by atoms with Crippen LogP contribution in [-0.4, -0.2) is 54.1 Å². The number of hydrogen-bond donors (Lipinski definition) is 1. The standard InChI is InChI=1S/C15H27FN2O4/c1-14(2,3)21-12(19)17-11-9-18(8-10(11)7-16)13(20)22-15(4,5)6/h10-11H,7-9H2,1-6H3,(H,17,19)/t10-,11+/m0/s1. The molecule has 0 aromatic heterocycles. The van der Waals surface area contributed by atoms with E-state index in [1.807, 2.05) is 0 Å². The molecule has 0 bridgehead atoms. The highest BCUT2D eigenvalue weighted by Crippen LogP contribution is 2.21. The third kappa shape index (κ3) is 6.07. The van der Waals surface area contributed by atoms with Gasteiger partial charge in [-0.2, -0.15) is 0 Å². The Labute approximate surface area is 131 Å². The Kier molecular flexibility index (Phi) is 5.65. The van der Waals surface area contributed by atoms with E-state index in [0.29, 0.717) is 0 Å². The molecular weight excluding hydrogens is 291 g/mol. The van der Waals surface area contributed by atoms with Crippen molar-refractivity contribution in [1.29, 1.82) is 0 Å². The summed E-state index contributed by atoms with van der Waals surface area (Å²) in [5, 5.41) is 2.63. The third-order valence-corrected chi connectivity index (χ3v) is 2.99. The molecule has 2 amide bonds. The van der Waals surface area contributed by atoms with Gasteiger partial charge in [0.05, 0.1) is 12.7 Å². The number of ether oxygens (including phenoxy) is 2. The summed E-state index contributed by atoms with van der Waals surface area (Å²) in [5.41, 5.74) is -1.24. The molecule has 1 aliphatic heterocycles. The molecule has 6 nitrogen and oxygen atoms in total. The number of halogens is 1. The molecule has 1 heterocycles. The van der Waals surface area contributed by atoms with Crippen molar-refractivity contribution >= 4 is 12.2 Å². The molecule has 0 aromatic rings. The van der Waals surface area contributed by atoms with Crippen molar-refractivity contribution in [3.8, 4) is 0 Å². The summed E-state index contributed by atoms with van der Waals surface area (Å²) in [6.45, 7) is 10.4. The maximum absolute atomic E-state index is 13.1. The molecule has 128 valence electrons. The Balaban J connectivity index is 2.62. The molecule has 1 rings (SSSR count). The molecule has 7 heteroatoms. The number of likely N-dealkylation sites (tertiary alicyclic amines) is 1. The smallest absolute Gasteiger partial charge is 0.410 e. The fourth-order valence-corrected chi connectivity index (χ4v) is 2.13. The molecule has 1 saturated heterocycles. The van der Waals surface area contributed by atoms with Gasteiger partial charge in [-0.3, -0.25) is 4.39 Å². The Hall–Kier alpha value is -1.53. The van der Waals surface area contributed by atoms with E-state index in [0.717, 1.165) is 0 Å². The maximum Gasteiger partial charge on any atom is 0.410 e. The molecule has 0 saturated carbocycles. The summed E-state index contributed by atoms with van der Waals surface area (Å²) in [7, 11) is 0. The molecule has 22 heavy (non-hydrogen) atoms. The highest BCUT2D eigenvalue weighted by molar-refractivity contribution is 5.70. The number of rotatable bonds is 2. The molecule has 0 unspecified atom stereocenters. The van der Waals surface area contributed by atoms with Crippen LogP contribution in [0.2, 0.25) is 0 Å². The van der Waals surface area contributed by atoms with Crippen LogP contribution < -0.4 is 5.32 Å². The molecule has 2 atom stereocenters. The quantitative estimate of drug-likeness (QED) is 0.850. The predicted octanol–water partition coefficient (Wildman–Crippen LogP) is 2.72. The fourth-order valence-electron chi connectivity index (χ4n) is 2.13. The van der Waals surface area contributed by atoms with Crippen molar-refractivity contribution in [2.75, 3.05) is 19.8 Å². The number of carbonyl (C=O) groups is 2. The van der Waals surface area contributed by atoms with Crippen LogP contribution in [0.25, 0.3) is 0 Å². The van der Waals surface area contributed by atoms with Crippen molar-refractivity contribution in [2.24, 2.45) is 5.92 Å². The van der Waals surface area contributed by atoms with Gasteiger partial charge in [0, 0.05) is 19.0 Å². The van der Waals surface area contributed by atoms with Gasteiger partial charge in [-0.1, -0.05) is 0 Å². The summed E-state index contributed by atoms with van der Waals surface area (Å²) in [4.78, 5) is 25.2. The zero-order chi connectivity index (χ0) is 17.1. The van der Waals surface area contributed by atoms with Crippen molar-refractivity contribution < 1.29 is 23.5 Å². The van der Waals surface area contributed by atoms with E-state index >= 15 is 0 Å². The lowest BCUT2D eigenvalue weighted by molar-refractivity contribution is 0.0278. The Bertz CT molecular complexity index is 415. The van der Waals surface area contributed by atoms with E-state index in [2.05, 4.69) is 5.32 Å². The average Bonchev–Trinajstić information content (AvgIpc) is 2.67.